The summed E-state index contributed by atoms with van der Waals surface area (Å²) in [5, 5.41) is 0. The summed E-state index contributed by atoms with van der Waals surface area (Å²) in [6.45, 7) is 6.23. The van der Waals surface area contributed by atoms with Gasteiger partial charge in [-0.3, -0.25) is 0 Å². The van der Waals surface area contributed by atoms with Gasteiger partial charge in [0, 0.05) is 24.5 Å². The van der Waals surface area contributed by atoms with E-state index in [0.717, 1.165) is 24.3 Å². The Morgan fingerprint density at radius 2 is 2.22 bits per heavy atom. The number of ether oxygens (including phenoxy) is 1. The van der Waals surface area contributed by atoms with Crippen molar-refractivity contribution >= 4 is 17.3 Å². The predicted octanol–water partition coefficient (Wildman–Crippen LogP) is 2.21. The molecule has 0 amide bonds. The van der Waals surface area contributed by atoms with Crippen LogP contribution in [0.15, 0.2) is 12.1 Å². The Kier molecular flexibility index (Phi) is 3.45. The first-order chi connectivity index (χ1) is 8.52. The van der Waals surface area contributed by atoms with E-state index < -0.39 is 0 Å². The molecule has 4 heteroatoms. The third-order valence-electron chi connectivity index (χ3n) is 3.57. The molecule has 2 N–H and O–H groups in total. The third kappa shape index (κ3) is 2.28. The van der Waals surface area contributed by atoms with Crippen LogP contribution < -0.4 is 10.6 Å². The minimum atomic E-state index is -0.371. The second-order valence-corrected chi connectivity index (χ2v) is 5.06. The molecule has 2 rings (SSSR count). The number of nitrogens with two attached hydrogens (primary N) is 1. The van der Waals surface area contributed by atoms with Crippen molar-refractivity contribution in [2.45, 2.75) is 20.3 Å². The summed E-state index contributed by atoms with van der Waals surface area (Å²) in [5.41, 5.74) is 8.90. The minimum absolute atomic E-state index is 0.371. The number of benzene rings is 1. The van der Waals surface area contributed by atoms with E-state index in [1.54, 1.807) is 0 Å². The van der Waals surface area contributed by atoms with Gasteiger partial charge >= 0.3 is 5.97 Å². The summed E-state index contributed by atoms with van der Waals surface area (Å²) >= 11 is 0. The number of aryl methyl sites for hydroxylation is 1. The molecule has 1 fully saturated rings. The maximum Gasteiger partial charge on any atom is 0.340 e. The van der Waals surface area contributed by atoms with Gasteiger partial charge in [0.05, 0.1) is 12.7 Å². The first-order valence-corrected chi connectivity index (χ1v) is 6.26. The van der Waals surface area contributed by atoms with E-state index >= 15 is 0 Å². The summed E-state index contributed by atoms with van der Waals surface area (Å²) in [6, 6.07) is 3.88. The number of carbonyl (C=O) groups is 1. The van der Waals surface area contributed by atoms with E-state index in [1.807, 2.05) is 19.1 Å². The Hall–Kier alpha value is -1.71. The third-order valence-corrected chi connectivity index (χ3v) is 3.57. The average molecular weight is 248 g/mol. The number of carbonyl (C=O) groups excluding carboxylic acids is 1. The Balaban J connectivity index is 2.38. The van der Waals surface area contributed by atoms with Crippen LogP contribution in [0.4, 0.5) is 11.4 Å². The molecule has 4 nitrogen and oxygen atoms in total. The quantitative estimate of drug-likeness (QED) is 0.644. The zero-order valence-corrected chi connectivity index (χ0v) is 11.2. The summed E-state index contributed by atoms with van der Waals surface area (Å²) < 4.78 is 4.77. The smallest absolute Gasteiger partial charge is 0.340 e. The van der Waals surface area contributed by atoms with E-state index in [9.17, 15) is 4.79 Å². The minimum Gasteiger partial charge on any atom is -0.465 e. The maximum atomic E-state index is 11.7. The van der Waals surface area contributed by atoms with Crippen molar-refractivity contribution in [1.82, 2.24) is 0 Å². The fourth-order valence-electron chi connectivity index (χ4n) is 2.41. The van der Waals surface area contributed by atoms with Crippen molar-refractivity contribution in [2.75, 3.05) is 30.8 Å². The van der Waals surface area contributed by atoms with Crippen LogP contribution in [0.5, 0.6) is 0 Å². The second-order valence-electron chi connectivity index (χ2n) is 5.06. The van der Waals surface area contributed by atoms with Gasteiger partial charge in [-0.2, -0.15) is 0 Å². The van der Waals surface area contributed by atoms with Gasteiger partial charge in [-0.1, -0.05) is 6.92 Å². The molecule has 0 spiro atoms. The van der Waals surface area contributed by atoms with Crippen LogP contribution in [0, 0.1) is 12.8 Å². The lowest BCUT2D eigenvalue weighted by Crippen LogP contribution is -2.20. The molecule has 0 aliphatic carbocycles. The first kappa shape index (κ1) is 12.7. The summed E-state index contributed by atoms with van der Waals surface area (Å²) in [5.74, 6) is 0.328. The first-order valence-electron chi connectivity index (χ1n) is 6.26. The molecule has 0 aromatic heterocycles. The highest BCUT2D eigenvalue weighted by molar-refractivity contribution is 5.97. The van der Waals surface area contributed by atoms with E-state index in [0.29, 0.717) is 17.2 Å². The molecule has 98 valence electrons. The van der Waals surface area contributed by atoms with Gasteiger partial charge in [-0.25, -0.2) is 4.79 Å². The zero-order chi connectivity index (χ0) is 13.3. The molecule has 1 unspecified atom stereocenters. The van der Waals surface area contributed by atoms with Gasteiger partial charge in [-0.15, -0.1) is 0 Å². The van der Waals surface area contributed by atoms with Gasteiger partial charge in [0.15, 0.2) is 0 Å². The lowest BCUT2D eigenvalue weighted by Gasteiger charge is -2.20. The number of nitrogens with zero attached hydrogens (tertiary/aromatic N) is 1. The standard InChI is InChI=1S/C14H20N2O2/c1-9-4-5-16(8-9)11-6-10(2)13(15)12(7-11)14(17)18-3/h6-7,9H,4-5,8,15H2,1-3H3. The molecule has 0 bridgehead atoms. The van der Waals surface area contributed by atoms with Gasteiger partial charge < -0.3 is 15.4 Å². The number of hydrogen-bond donors (Lipinski definition) is 1. The normalized spacial score (nSPS) is 19.1. The number of hydrogen-bond acceptors (Lipinski definition) is 4. The topological polar surface area (TPSA) is 55.6 Å². The predicted molar refractivity (Wildman–Crippen MR) is 72.9 cm³/mol. The molecule has 1 heterocycles. The Labute approximate surface area is 108 Å². The summed E-state index contributed by atoms with van der Waals surface area (Å²) in [4.78, 5) is 14.0. The molecule has 18 heavy (non-hydrogen) atoms. The SMILES string of the molecule is COC(=O)c1cc(N2CCC(C)C2)cc(C)c1N. The Morgan fingerprint density at radius 1 is 1.50 bits per heavy atom. The van der Waals surface area contributed by atoms with Crippen LogP contribution in [0.3, 0.4) is 0 Å². The van der Waals surface area contributed by atoms with Crippen LogP contribution in [-0.4, -0.2) is 26.2 Å². The van der Waals surface area contributed by atoms with Crippen molar-refractivity contribution in [3.05, 3.63) is 23.3 Å². The molecule has 1 aromatic carbocycles. The zero-order valence-electron chi connectivity index (χ0n) is 11.2. The number of esters is 1. The molecular formula is C14H20N2O2. The number of anilines is 2. The number of nitrogen functional groups attached to an aromatic ring is 1. The highest BCUT2D eigenvalue weighted by Crippen LogP contribution is 2.29. The maximum absolute atomic E-state index is 11.7. The Bertz CT molecular complexity index is 471. The van der Waals surface area contributed by atoms with Crippen molar-refractivity contribution in [3.8, 4) is 0 Å². The molecule has 0 radical (unpaired) electrons. The molecule has 0 saturated carbocycles. The van der Waals surface area contributed by atoms with Crippen molar-refractivity contribution < 1.29 is 9.53 Å². The van der Waals surface area contributed by atoms with E-state index in [2.05, 4.69) is 11.8 Å². The van der Waals surface area contributed by atoms with Crippen LogP contribution in [0.1, 0.15) is 29.3 Å². The number of methoxy groups -OCH3 is 1. The lowest BCUT2D eigenvalue weighted by atomic mass is 10.1. The fraction of sp³-hybridized carbons (Fsp3) is 0.500. The highest BCUT2D eigenvalue weighted by Gasteiger charge is 2.21. The molecular weight excluding hydrogens is 228 g/mol. The van der Waals surface area contributed by atoms with Crippen molar-refractivity contribution in [3.63, 3.8) is 0 Å². The van der Waals surface area contributed by atoms with Crippen LogP contribution in [-0.2, 0) is 4.74 Å². The lowest BCUT2D eigenvalue weighted by molar-refractivity contribution is 0.0602. The molecule has 1 aromatic rings. The largest absolute Gasteiger partial charge is 0.465 e. The molecule has 1 atom stereocenters. The van der Waals surface area contributed by atoms with E-state index in [4.69, 9.17) is 10.5 Å². The van der Waals surface area contributed by atoms with E-state index in [1.165, 1.54) is 13.5 Å². The van der Waals surface area contributed by atoms with Crippen LogP contribution in [0.2, 0.25) is 0 Å². The van der Waals surface area contributed by atoms with Gasteiger partial charge in [0.1, 0.15) is 0 Å². The number of rotatable bonds is 2. The van der Waals surface area contributed by atoms with Crippen molar-refractivity contribution in [1.29, 1.82) is 0 Å². The molecule has 1 aliphatic rings. The second kappa shape index (κ2) is 4.88. The van der Waals surface area contributed by atoms with Gasteiger partial charge in [0.2, 0.25) is 0 Å². The Morgan fingerprint density at radius 3 is 2.78 bits per heavy atom. The summed E-state index contributed by atoms with van der Waals surface area (Å²) in [7, 11) is 1.38. The molecule has 1 aliphatic heterocycles. The monoisotopic (exact) mass is 248 g/mol. The van der Waals surface area contributed by atoms with Crippen molar-refractivity contribution in [2.24, 2.45) is 5.92 Å². The highest BCUT2D eigenvalue weighted by atomic mass is 16.5. The molecule has 1 saturated heterocycles. The average Bonchev–Trinajstić information content (AvgIpc) is 2.78. The van der Waals surface area contributed by atoms with Gasteiger partial charge in [-0.05, 0) is 37.0 Å². The fourth-order valence-corrected chi connectivity index (χ4v) is 2.41. The van der Waals surface area contributed by atoms with Gasteiger partial charge in [0.25, 0.3) is 0 Å². The van der Waals surface area contributed by atoms with Crippen LogP contribution >= 0.6 is 0 Å². The van der Waals surface area contributed by atoms with E-state index in [-0.39, 0.29) is 5.97 Å². The summed E-state index contributed by atoms with van der Waals surface area (Å²) in [6.07, 6.45) is 1.19. The van der Waals surface area contributed by atoms with Crippen LogP contribution in [0.25, 0.3) is 0 Å².